The predicted octanol–water partition coefficient (Wildman–Crippen LogP) is 2.47. The van der Waals surface area contributed by atoms with Gasteiger partial charge in [0.05, 0.1) is 0 Å². The van der Waals surface area contributed by atoms with Gasteiger partial charge in [0.2, 0.25) is 0 Å². The van der Waals surface area contributed by atoms with Crippen molar-refractivity contribution >= 4 is 5.78 Å². The molecule has 1 aromatic rings. The lowest BCUT2D eigenvalue weighted by Crippen LogP contribution is -2.19. The third-order valence-electron chi connectivity index (χ3n) is 2.04. The lowest BCUT2D eigenvalue weighted by molar-refractivity contribution is -0.145. The Labute approximate surface area is 90.4 Å². The van der Waals surface area contributed by atoms with Crippen molar-refractivity contribution in [3.05, 3.63) is 11.4 Å². The topological polar surface area (TPSA) is 47.8 Å². The number of carbonyl (C=O) groups is 1. The van der Waals surface area contributed by atoms with Gasteiger partial charge in [-0.3, -0.25) is 4.79 Å². The van der Waals surface area contributed by atoms with E-state index in [0.29, 0.717) is 0 Å². The first kappa shape index (κ1) is 12.7. The highest BCUT2D eigenvalue weighted by atomic mass is 19.4. The van der Waals surface area contributed by atoms with Crippen LogP contribution in [0.3, 0.4) is 0 Å². The lowest BCUT2D eigenvalue weighted by Gasteiger charge is -2.12. The number of alkyl halides is 3. The van der Waals surface area contributed by atoms with Crippen LogP contribution in [0.25, 0.3) is 0 Å². The standard InChI is InChI=1S/C9H12F3N3O/c1-4-6(16)7-8(9(10,11)12)15(5(2)3)14-13-7/h5H,4H2,1-3H3. The van der Waals surface area contributed by atoms with Crippen molar-refractivity contribution in [2.75, 3.05) is 0 Å². The van der Waals surface area contributed by atoms with Crippen LogP contribution in [0.15, 0.2) is 0 Å². The highest BCUT2D eigenvalue weighted by molar-refractivity contribution is 5.95. The smallest absolute Gasteiger partial charge is 0.292 e. The molecule has 0 aliphatic rings. The van der Waals surface area contributed by atoms with E-state index in [4.69, 9.17) is 0 Å². The average molecular weight is 235 g/mol. The maximum Gasteiger partial charge on any atom is 0.435 e. The molecule has 4 nitrogen and oxygen atoms in total. The van der Waals surface area contributed by atoms with Gasteiger partial charge in [-0.15, -0.1) is 5.10 Å². The van der Waals surface area contributed by atoms with Gasteiger partial charge in [0, 0.05) is 12.5 Å². The fraction of sp³-hybridized carbons (Fsp3) is 0.667. The molecule has 0 amide bonds. The van der Waals surface area contributed by atoms with E-state index in [1.54, 1.807) is 13.8 Å². The average Bonchev–Trinajstić information content (AvgIpc) is 2.59. The zero-order valence-electron chi connectivity index (χ0n) is 9.17. The summed E-state index contributed by atoms with van der Waals surface area (Å²) in [6.07, 6.45) is -4.65. The summed E-state index contributed by atoms with van der Waals surface area (Å²) in [4.78, 5) is 11.3. The van der Waals surface area contributed by atoms with Gasteiger partial charge in [-0.1, -0.05) is 12.1 Å². The molecular formula is C9H12F3N3O. The minimum absolute atomic E-state index is 0.0279. The Balaban J connectivity index is 3.37. The summed E-state index contributed by atoms with van der Waals surface area (Å²) in [6.45, 7) is 4.57. The molecule has 0 aliphatic heterocycles. The second-order valence-electron chi connectivity index (χ2n) is 3.60. The summed E-state index contributed by atoms with van der Waals surface area (Å²) in [5.74, 6) is -0.653. The van der Waals surface area contributed by atoms with E-state index in [-0.39, 0.29) is 6.42 Å². The Morgan fingerprint density at radius 1 is 1.44 bits per heavy atom. The maximum absolute atomic E-state index is 12.7. The molecule has 0 aliphatic carbocycles. The van der Waals surface area contributed by atoms with Crippen molar-refractivity contribution in [1.82, 2.24) is 15.0 Å². The van der Waals surface area contributed by atoms with Crippen LogP contribution in [0.4, 0.5) is 13.2 Å². The van der Waals surface area contributed by atoms with Gasteiger partial charge < -0.3 is 0 Å². The normalized spacial score (nSPS) is 12.2. The van der Waals surface area contributed by atoms with Crippen molar-refractivity contribution in [2.24, 2.45) is 0 Å². The molecule has 0 atom stereocenters. The summed E-state index contributed by atoms with van der Waals surface area (Å²) in [7, 11) is 0. The number of ketones is 1. The van der Waals surface area contributed by atoms with Gasteiger partial charge in [-0.05, 0) is 13.8 Å². The van der Waals surface area contributed by atoms with Gasteiger partial charge in [0.1, 0.15) is 0 Å². The Hall–Kier alpha value is -1.40. The van der Waals surface area contributed by atoms with Crippen molar-refractivity contribution in [3.63, 3.8) is 0 Å². The quantitative estimate of drug-likeness (QED) is 0.756. The second-order valence-corrected chi connectivity index (χ2v) is 3.60. The van der Waals surface area contributed by atoms with E-state index in [1.807, 2.05) is 0 Å². The molecule has 0 spiro atoms. The van der Waals surface area contributed by atoms with Crippen LogP contribution in [0.1, 0.15) is 49.4 Å². The van der Waals surface area contributed by atoms with Gasteiger partial charge in [0.25, 0.3) is 0 Å². The molecule has 0 radical (unpaired) electrons. The fourth-order valence-corrected chi connectivity index (χ4v) is 1.27. The number of nitrogens with zero attached hydrogens (tertiary/aromatic N) is 3. The largest absolute Gasteiger partial charge is 0.435 e. The first-order valence-corrected chi connectivity index (χ1v) is 4.84. The van der Waals surface area contributed by atoms with Crippen molar-refractivity contribution in [1.29, 1.82) is 0 Å². The predicted molar refractivity (Wildman–Crippen MR) is 50.0 cm³/mol. The molecule has 1 rings (SSSR count). The Morgan fingerprint density at radius 2 is 2.00 bits per heavy atom. The SMILES string of the molecule is CCC(=O)c1nnn(C(C)C)c1C(F)(F)F. The minimum atomic E-state index is -4.62. The summed E-state index contributed by atoms with van der Waals surface area (Å²) in [5, 5.41) is 6.70. The molecule has 1 heterocycles. The van der Waals surface area contributed by atoms with Crippen LogP contribution < -0.4 is 0 Å². The Morgan fingerprint density at radius 3 is 2.38 bits per heavy atom. The van der Waals surface area contributed by atoms with Gasteiger partial charge in [-0.25, -0.2) is 4.68 Å². The number of rotatable bonds is 3. The van der Waals surface area contributed by atoms with E-state index in [1.165, 1.54) is 6.92 Å². The molecule has 0 bridgehead atoms. The Kier molecular flexibility index (Phi) is 3.35. The molecule has 0 saturated carbocycles. The summed E-state index contributed by atoms with van der Waals surface area (Å²) in [6, 6.07) is -0.498. The zero-order valence-corrected chi connectivity index (χ0v) is 9.17. The van der Waals surface area contributed by atoms with Gasteiger partial charge in [0.15, 0.2) is 17.2 Å². The summed E-state index contributed by atoms with van der Waals surface area (Å²) in [5.41, 5.74) is -1.65. The van der Waals surface area contributed by atoms with Crippen LogP contribution in [0.5, 0.6) is 0 Å². The summed E-state index contributed by atoms with van der Waals surface area (Å²) < 4.78 is 39.0. The van der Waals surface area contributed by atoms with Crippen LogP contribution in [0, 0.1) is 0 Å². The molecule has 1 aromatic heterocycles. The first-order chi connectivity index (χ1) is 7.29. The van der Waals surface area contributed by atoms with Crippen molar-refractivity contribution in [2.45, 2.75) is 39.4 Å². The van der Waals surface area contributed by atoms with Crippen LogP contribution >= 0.6 is 0 Å². The number of aromatic nitrogens is 3. The monoisotopic (exact) mass is 235 g/mol. The summed E-state index contributed by atoms with van der Waals surface area (Å²) >= 11 is 0. The molecule has 16 heavy (non-hydrogen) atoms. The van der Waals surface area contributed by atoms with E-state index < -0.39 is 29.4 Å². The zero-order chi connectivity index (χ0) is 12.5. The second kappa shape index (κ2) is 4.23. The highest BCUT2D eigenvalue weighted by Gasteiger charge is 2.41. The van der Waals surface area contributed by atoms with Crippen LogP contribution in [-0.4, -0.2) is 20.8 Å². The highest BCUT2D eigenvalue weighted by Crippen LogP contribution is 2.32. The molecule has 0 saturated heterocycles. The first-order valence-electron chi connectivity index (χ1n) is 4.84. The van der Waals surface area contributed by atoms with Crippen LogP contribution in [0.2, 0.25) is 0 Å². The number of carbonyl (C=O) groups excluding carboxylic acids is 1. The fourth-order valence-electron chi connectivity index (χ4n) is 1.27. The molecule has 90 valence electrons. The van der Waals surface area contributed by atoms with Crippen molar-refractivity contribution in [3.8, 4) is 0 Å². The van der Waals surface area contributed by atoms with Crippen LogP contribution in [-0.2, 0) is 6.18 Å². The minimum Gasteiger partial charge on any atom is -0.292 e. The number of hydrogen-bond donors (Lipinski definition) is 0. The van der Waals surface area contributed by atoms with Crippen molar-refractivity contribution < 1.29 is 18.0 Å². The van der Waals surface area contributed by atoms with Gasteiger partial charge >= 0.3 is 6.18 Å². The molecular weight excluding hydrogens is 223 g/mol. The third-order valence-corrected chi connectivity index (χ3v) is 2.04. The molecule has 0 aromatic carbocycles. The third kappa shape index (κ3) is 2.23. The molecule has 7 heteroatoms. The number of halogens is 3. The lowest BCUT2D eigenvalue weighted by atomic mass is 10.2. The Bertz CT molecular complexity index is 395. The van der Waals surface area contributed by atoms with Gasteiger partial charge in [-0.2, -0.15) is 13.2 Å². The molecule has 0 unspecified atom stereocenters. The van der Waals surface area contributed by atoms with E-state index in [2.05, 4.69) is 10.3 Å². The number of Topliss-reactive ketones (excluding diaryl/α,β-unsaturated/α-hetero) is 1. The van der Waals surface area contributed by atoms with E-state index in [9.17, 15) is 18.0 Å². The molecule has 0 fully saturated rings. The maximum atomic E-state index is 12.7. The van der Waals surface area contributed by atoms with E-state index >= 15 is 0 Å². The van der Waals surface area contributed by atoms with E-state index in [0.717, 1.165) is 4.68 Å². The molecule has 0 N–H and O–H groups in total. The number of hydrogen-bond acceptors (Lipinski definition) is 3.